The van der Waals surface area contributed by atoms with Gasteiger partial charge in [-0.2, -0.15) is 0 Å². The Morgan fingerprint density at radius 3 is 2.82 bits per heavy atom. The van der Waals surface area contributed by atoms with Gasteiger partial charge in [-0.1, -0.05) is 13.0 Å². The van der Waals surface area contributed by atoms with Crippen LogP contribution in [0.5, 0.6) is 5.88 Å². The summed E-state index contributed by atoms with van der Waals surface area (Å²) >= 11 is 1.78. The van der Waals surface area contributed by atoms with Crippen LogP contribution < -0.4 is 15.4 Å². The SMILES string of the molecule is CCc1cnc(CCNC(=NC)NCc2cccnc2OC2CCCC2)s1.I. The highest BCUT2D eigenvalue weighted by Crippen LogP contribution is 2.24. The zero-order valence-electron chi connectivity index (χ0n) is 16.6. The van der Waals surface area contributed by atoms with Crippen LogP contribution in [0, 0.1) is 0 Å². The molecule has 2 aromatic rings. The van der Waals surface area contributed by atoms with Crippen LogP contribution in [0.15, 0.2) is 29.5 Å². The van der Waals surface area contributed by atoms with Gasteiger partial charge in [0.2, 0.25) is 5.88 Å². The summed E-state index contributed by atoms with van der Waals surface area (Å²) in [6, 6.07) is 4.00. The summed E-state index contributed by atoms with van der Waals surface area (Å²) in [5.41, 5.74) is 1.06. The number of thiazole rings is 1. The van der Waals surface area contributed by atoms with E-state index >= 15 is 0 Å². The molecule has 2 N–H and O–H groups in total. The minimum atomic E-state index is 0. The Labute approximate surface area is 188 Å². The van der Waals surface area contributed by atoms with Crippen molar-refractivity contribution < 1.29 is 4.74 Å². The largest absolute Gasteiger partial charge is 0.474 e. The van der Waals surface area contributed by atoms with E-state index in [2.05, 4.69) is 38.6 Å². The van der Waals surface area contributed by atoms with Crippen LogP contribution in [0.2, 0.25) is 0 Å². The third kappa shape index (κ3) is 6.88. The molecule has 1 saturated carbocycles. The van der Waals surface area contributed by atoms with Crippen LogP contribution in [-0.2, 0) is 19.4 Å². The van der Waals surface area contributed by atoms with E-state index in [9.17, 15) is 0 Å². The highest BCUT2D eigenvalue weighted by Gasteiger charge is 2.18. The van der Waals surface area contributed by atoms with Crippen molar-refractivity contribution in [2.45, 2.75) is 58.1 Å². The first-order valence-electron chi connectivity index (χ1n) is 9.77. The van der Waals surface area contributed by atoms with E-state index in [4.69, 9.17) is 4.74 Å². The molecule has 1 fully saturated rings. The lowest BCUT2D eigenvalue weighted by atomic mass is 10.2. The maximum atomic E-state index is 6.11. The summed E-state index contributed by atoms with van der Waals surface area (Å²) in [4.78, 5) is 14.5. The molecule has 2 heterocycles. The second-order valence-corrected chi connectivity index (χ2v) is 7.87. The lowest BCUT2D eigenvalue weighted by Gasteiger charge is -2.16. The molecule has 0 saturated heterocycles. The van der Waals surface area contributed by atoms with Crippen molar-refractivity contribution in [1.82, 2.24) is 20.6 Å². The van der Waals surface area contributed by atoms with E-state index < -0.39 is 0 Å². The molecule has 0 bridgehead atoms. The van der Waals surface area contributed by atoms with E-state index in [1.54, 1.807) is 24.6 Å². The maximum absolute atomic E-state index is 6.11. The average molecular weight is 515 g/mol. The normalized spacial score (nSPS) is 14.6. The van der Waals surface area contributed by atoms with Crippen molar-refractivity contribution >= 4 is 41.3 Å². The van der Waals surface area contributed by atoms with E-state index in [-0.39, 0.29) is 24.0 Å². The molecule has 28 heavy (non-hydrogen) atoms. The number of nitrogens with one attached hydrogen (secondary N) is 2. The fraction of sp³-hybridized carbons (Fsp3) is 0.550. The van der Waals surface area contributed by atoms with Crippen molar-refractivity contribution in [3.63, 3.8) is 0 Å². The second kappa shape index (κ2) is 12.2. The zero-order valence-corrected chi connectivity index (χ0v) is 19.8. The van der Waals surface area contributed by atoms with Gasteiger partial charge in [0.15, 0.2) is 5.96 Å². The lowest BCUT2D eigenvalue weighted by molar-refractivity contribution is 0.199. The van der Waals surface area contributed by atoms with Crippen molar-refractivity contribution in [2.75, 3.05) is 13.6 Å². The molecule has 3 rings (SSSR count). The maximum Gasteiger partial charge on any atom is 0.218 e. The molecule has 0 amide bonds. The summed E-state index contributed by atoms with van der Waals surface area (Å²) in [7, 11) is 1.78. The number of pyridine rings is 1. The fourth-order valence-electron chi connectivity index (χ4n) is 3.14. The lowest BCUT2D eigenvalue weighted by Crippen LogP contribution is -2.38. The monoisotopic (exact) mass is 515 g/mol. The summed E-state index contributed by atoms with van der Waals surface area (Å²) in [6.07, 6.45) is 10.8. The van der Waals surface area contributed by atoms with Gasteiger partial charge >= 0.3 is 0 Å². The Morgan fingerprint density at radius 2 is 2.11 bits per heavy atom. The third-order valence-electron chi connectivity index (χ3n) is 4.68. The number of hydrogen-bond donors (Lipinski definition) is 2. The summed E-state index contributed by atoms with van der Waals surface area (Å²) in [6.45, 7) is 3.59. The summed E-state index contributed by atoms with van der Waals surface area (Å²) in [5, 5.41) is 7.87. The van der Waals surface area contributed by atoms with Gasteiger partial charge in [-0.15, -0.1) is 35.3 Å². The van der Waals surface area contributed by atoms with E-state index in [1.807, 2.05) is 12.3 Å². The number of ether oxygens (including phenoxy) is 1. The molecule has 6 nitrogen and oxygen atoms in total. The van der Waals surface area contributed by atoms with Gasteiger partial charge in [-0.25, -0.2) is 9.97 Å². The van der Waals surface area contributed by atoms with Gasteiger partial charge in [-0.05, 0) is 38.2 Å². The number of aryl methyl sites for hydroxylation is 1. The van der Waals surface area contributed by atoms with Crippen LogP contribution in [-0.4, -0.2) is 35.6 Å². The average Bonchev–Trinajstić information content (AvgIpc) is 3.37. The van der Waals surface area contributed by atoms with E-state index in [0.29, 0.717) is 12.6 Å². The molecule has 0 aliphatic heterocycles. The Balaban J connectivity index is 0.00000280. The minimum absolute atomic E-state index is 0. The van der Waals surface area contributed by atoms with E-state index in [0.717, 1.165) is 54.6 Å². The first-order valence-corrected chi connectivity index (χ1v) is 10.6. The first kappa shape index (κ1) is 22.9. The zero-order chi connectivity index (χ0) is 18.9. The number of guanidine groups is 1. The summed E-state index contributed by atoms with van der Waals surface area (Å²) in [5.74, 6) is 1.51. The molecule has 0 atom stereocenters. The van der Waals surface area contributed by atoms with Crippen molar-refractivity contribution in [3.8, 4) is 5.88 Å². The number of halogens is 1. The van der Waals surface area contributed by atoms with Crippen LogP contribution in [0.25, 0.3) is 0 Å². The predicted octanol–water partition coefficient (Wildman–Crippen LogP) is 3.95. The van der Waals surface area contributed by atoms with Crippen LogP contribution in [0.3, 0.4) is 0 Å². The van der Waals surface area contributed by atoms with Crippen molar-refractivity contribution in [2.24, 2.45) is 4.99 Å². The first-order chi connectivity index (χ1) is 13.3. The van der Waals surface area contributed by atoms with Gasteiger partial charge in [0.05, 0.1) is 5.01 Å². The van der Waals surface area contributed by atoms with E-state index in [1.165, 1.54) is 17.7 Å². The van der Waals surface area contributed by atoms with Crippen molar-refractivity contribution in [1.29, 1.82) is 0 Å². The Hall–Kier alpha value is -1.42. The highest BCUT2D eigenvalue weighted by atomic mass is 127. The summed E-state index contributed by atoms with van der Waals surface area (Å²) < 4.78 is 6.11. The van der Waals surface area contributed by atoms with Gasteiger partial charge in [-0.3, -0.25) is 4.99 Å². The third-order valence-corrected chi connectivity index (χ3v) is 5.88. The Kier molecular flexibility index (Phi) is 9.97. The van der Waals surface area contributed by atoms with Gasteiger partial charge in [0.25, 0.3) is 0 Å². The van der Waals surface area contributed by atoms with Gasteiger partial charge < -0.3 is 15.4 Å². The number of rotatable bonds is 8. The number of aromatic nitrogens is 2. The number of hydrogen-bond acceptors (Lipinski definition) is 5. The van der Waals surface area contributed by atoms with Crippen LogP contribution in [0.4, 0.5) is 0 Å². The van der Waals surface area contributed by atoms with Crippen molar-refractivity contribution in [3.05, 3.63) is 40.0 Å². The molecule has 8 heteroatoms. The molecule has 0 aromatic carbocycles. The van der Waals surface area contributed by atoms with Crippen LogP contribution >= 0.6 is 35.3 Å². The molecule has 0 unspecified atom stereocenters. The minimum Gasteiger partial charge on any atom is -0.474 e. The predicted molar refractivity (Wildman–Crippen MR) is 126 cm³/mol. The molecule has 0 spiro atoms. The molecule has 154 valence electrons. The highest BCUT2D eigenvalue weighted by molar-refractivity contribution is 14.0. The molecule has 1 aliphatic rings. The van der Waals surface area contributed by atoms with Crippen LogP contribution in [0.1, 0.15) is 48.1 Å². The molecular weight excluding hydrogens is 485 g/mol. The van der Waals surface area contributed by atoms with Gasteiger partial charge in [0, 0.05) is 49.4 Å². The molecule has 1 aliphatic carbocycles. The number of aliphatic imine (C=N–C) groups is 1. The Morgan fingerprint density at radius 1 is 1.29 bits per heavy atom. The fourth-order valence-corrected chi connectivity index (χ4v) is 4.01. The molecular formula is C20H30IN5OS. The number of nitrogens with zero attached hydrogens (tertiary/aromatic N) is 3. The standard InChI is InChI=1S/C20H29N5OS.HI/c1-3-17-14-24-18(27-17)10-12-23-20(21-2)25-13-15-7-6-11-22-19(15)26-16-8-4-5-9-16;/h6-7,11,14,16H,3-5,8-10,12-13H2,1-2H3,(H2,21,23,25);1H. The molecule has 2 aromatic heterocycles. The topological polar surface area (TPSA) is 71.4 Å². The smallest absolute Gasteiger partial charge is 0.218 e. The quantitative estimate of drug-likeness (QED) is 0.317. The van der Waals surface area contributed by atoms with Gasteiger partial charge in [0.1, 0.15) is 6.10 Å². The molecule has 0 radical (unpaired) electrons. The Bertz CT molecular complexity index is 746. The second-order valence-electron chi connectivity index (χ2n) is 6.67.